The molecule has 3 rings (SSSR count). The van der Waals surface area contributed by atoms with Gasteiger partial charge in [0.05, 0.1) is 0 Å². The molecule has 1 aliphatic heterocycles. The van der Waals surface area contributed by atoms with E-state index in [1.165, 1.54) is 12.1 Å². The van der Waals surface area contributed by atoms with Crippen molar-refractivity contribution >= 4 is 17.6 Å². The van der Waals surface area contributed by atoms with E-state index in [0.717, 1.165) is 11.3 Å². The molecule has 124 valence electrons. The van der Waals surface area contributed by atoms with Crippen LogP contribution in [0.15, 0.2) is 54.6 Å². The number of nitrogens with one attached hydrogen (secondary N) is 2. The topological polar surface area (TPSA) is 61.4 Å². The van der Waals surface area contributed by atoms with E-state index >= 15 is 0 Å². The zero-order chi connectivity index (χ0) is 16.9. The van der Waals surface area contributed by atoms with E-state index in [-0.39, 0.29) is 18.3 Å². The molecule has 3 amide bonds. The number of urea groups is 1. The number of halogens is 1. The van der Waals surface area contributed by atoms with Gasteiger partial charge in [0.1, 0.15) is 11.9 Å². The molecule has 1 aliphatic rings. The summed E-state index contributed by atoms with van der Waals surface area (Å²) in [4.78, 5) is 26.0. The van der Waals surface area contributed by atoms with Crippen molar-refractivity contribution in [2.45, 2.75) is 19.0 Å². The van der Waals surface area contributed by atoms with Crippen LogP contribution in [-0.2, 0) is 11.3 Å². The van der Waals surface area contributed by atoms with E-state index in [0.29, 0.717) is 13.0 Å². The smallest absolute Gasteiger partial charge is 0.315 e. The predicted octanol–water partition coefficient (Wildman–Crippen LogP) is 2.43. The highest BCUT2D eigenvalue weighted by Gasteiger charge is 2.33. The second-order valence-corrected chi connectivity index (χ2v) is 5.62. The van der Waals surface area contributed by atoms with E-state index in [2.05, 4.69) is 10.6 Å². The predicted molar refractivity (Wildman–Crippen MR) is 89.0 cm³/mol. The Morgan fingerprint density at radius 2 is 1.83 bits per heavy atom. The summed E-state index contributed by atoms with van der Waals surface area (Å²) >= 11 is 0. The first-order chi connectivity index (χ1) is 11.6. The summed E-state index contributed by atoms with van der Waals surface area (Å²) in [6, 6.07) is 14.3. The Morgan fingerprint density at radius 3 is 2.54 bits per heavy atom. The van der Waals surface area contributed by atoms with Crippen molar-refractivity contribution in [1.82, 2.24) is 10.6 Å². The fourth-order valence-corrected chi connectivity index (χ4v) is 2.67. The van der Waals surface area contributed by atoms with Gasteiger partial charge in [0.15, 0.2) is 0 Å². The largest absolute Gasteiger partial charge is 0.334 e. The number of nitrogens with zero attached hydrogens (tertiary/aromatic N) is 1. The van der Waals surface area contributed by atoms with Crippen LogP contribution in [0.1, 0.15) is 12.0 Å². The number of benzene rings is 2. The molecule has 1 heterocycles. The van der Waals surface area contributed by atoms with Gasteiger partial charge in [0.2, 0.25) is 5.91 Å². The Balaban J connectivity index is 1.52. The van der Waals surface area contributed by atoms with Gasteiger partial charge < -0.3 is 15.5 Å². The van der Waals surface area contributed by atoms with Gasteiger partial charge in [-0.15, -0.1) is 0 Å². The maximum atomic E-state index is 12.8. The second kappa shape index (κ2) is 7.12. The molecule has 0 unspecified atom stereocenters. The lowest BCUT2D eigenvalue weighted by molar-refractivity contribution is -0.118. The van der Waals surface area contributed by atoms with Crippen molar-refractivity contribution in [2.24, 2.45) is 0 Å². The van der Waals surface area contributed by atoms with Crippen LogP contribution in [0.5, 0.6) is 0 Å². The van der Waals surface area contributed by atoms with Gasteiger partial charge in [-0.05, 0) is 36.2 Å². The molecule has 1 atom stereocenters. The molecule has 6 heteroatoms. The lowest BCUT2D eigenvalue weighted by Crippen LogP contribution is -2.45. The number of hydrogen-bond donors (Lipinski definition) is 2. The average Bonchev–Trinajstić information content (AvgIpc) is 2.96. The molecule has 0 aliphatic carbocycles. The molecule has 2 aromatic carbocycles. The van der Waals surface area contributed by atoms with Gasteiger partial charge in [-0.25, -0.2) is 9.18 Å². The number of para-hydroxylation sites is 1. The summed E-state index contributed by atoms with van der Waals surface area (Å²) in [5.41, 5.74) is 1.62. The fraction of sp³-hybridized carbons (Fsp3) is 0.222. The minimum absolute atomic E-state index is 0.113. The summed E-state index contributed by atoms with van der Waals surface area (Å²) in [5.74, 6) is -0.432. The van der Waals surface area contributed by atoms with Crippen LogP contribution < -0.4 is 15.5 Å². The Bertz CT molecular complexity index is 719. The Kier molecular flexibility index (Phi) is 4.74. The Labute approximate surface area is 139 Å². The van der Waals surface area contributed by atoms with Gasteiger partial charge in [0.25, 0.3) is 0 Å². The van der Waals surface area contributed by atoms with Crippen LogP contribution in [0.4, 0.5) is 14.9 Å². The van der Waals surface area contributed by atoms with E-state index < -0.39 is 12.1 Å². The molecule has 24 heavy (non-hydrogen) atoms. The molecule has 1 saturated heterocycles. The van der Waals surface area contributed by atoms with E-state index in [4.69, 9.17) is 0 Å². The van der Waals surface area contributed by atoms with Gasteiger partial charge >= 0.3 is 6.03 Å². The van der Waals surface area contributed by atoms with Gasteiger partial charge in [-0.1, -0.05) is 30.3 Å². The van der Waals surface area contributed by atoms with E-state index in [9.17, 15) is 14.0 Å². The minimum atomic E-state index is -0.529. The molecule has 0 bridgehead atoms. The average molecular weight is 327 g/mol. The number of anilines is 1. The summed E-state index contributed by atoms with van der Waals surface area (Å²) in [5, 5.41) is 5.37. The number of carbonyl (C=O) groups is 2. The SMILES string of the molecule is O=C(NCc1ccc(F)cc1)N[C@@H]1CCN(c2ccccc2)C1=O. The van der Waals surface area contributed by atoms with Crippen molar-refractivity contribution in [2.75, 3.05) is 11.4 Å². The summed E-state index contributed by atoms with van der Waals surface area (Å²) in [6.45, 7) is 0.848. The second-order valence-electron chi connectivity index (χ2n) is 5.62. The number of rotatable bonds is 4. The maximum absolute atomic E-state index is 12.8. The zero-order valence-corrected chi connectivity index (χ0v) is 13.0. The highest BCUT2D eigenvalue weighted by atomic mass is 19.1. The Hall–Kier alpha value is -2.89. The van der Waals surface area contributed by atoms with Crippen molar-refractivity contribution in [3.8, 4) is 0 Å². The van der Waals surface area contributed by atoms with Crippen LogP contribution in [-0.4, -0.2) is 24.5 Å². The third kappa shape index (κ3) is 3.71. The fourth-order valence-electron chi connectivity index (χ4n) is 2.67. The molecule has 0 saturated carbocycles. The van der Waals surface area contributed by atoms with Crippen molar-refractivity contribution in [1.29, 1.82) is 0 Å². The lowest BCUT2D eigenvalue weighted by Gasteiger charge is -2.17. The van der Waals surface area contributed by atoms with Crippen LogP contribution >= 0.6 is 0 Å². The number of amides is 3. The van der Waals surface area contributed by atoms with Crippen LogP contribution in [0.2, 0.25) is 0 Å². The zero-order valence-electron chi connectivity index (χ0n) is 13.0. The maximum Gasteiger partial charge on any atom is 0.315 e. The third-order valence-corrected chi connectivity index (χ3v) is 3.95. The molecule has 2 N–H and O–H groups in total. The summed E-state index contributed by atoms with van der Waals surface area (Å²) in [6.07, 6.45) is 0.567. The van der Waals surface area contributed by atoms with Crippen LogP contribution in [0.3, 0.4) is 0 Å². The first-order valence-electron chi connectivity index (χ1n) is 7.79. The third-order valence-electron chi connectivity index (χ3n) is 3.95. The molecular weight excluding hydrogens is 309 g/mol. The lowest BCUT2D eigenvalue weighted by atomic mass is 10.2. The van der Waals surface area contributed by atoms with Crippen molar-refractivity contribution < 1.29 is 14.0 Å². The van der Waals surface area contributed by atoms with Gasteiger partial charge in [0, 0.05) is 18.8 Å². The standard InChI is InChI=1S/C18H18FN3O2/c19-14-8-6-13(7-9-14)12-20-18(24)21-16-10-11-22(17(16)23)15-4-2-1-3-5-15/h1-9,16H,10-12H2,(H2,20,21,24)/t16-/m1/s1. The molecule has 5 nitrogen and oxygen atoms in total. The molecule has 0 radical (unpaired) electrons. The van der Waals surface area contributed by atoms with Crippen molar-refractivity contribution in [3.05, 3.63) is 66.0 Å². The normalized spacial score (nSPS) is 17.0. The quantitative estimate of drug-likeness (QED) is 0.906. The molecule has 0 spiro atoms. The monoisotopic (exact) mass is 327 g/mol. The van der Waals surface area contributed by atoms with Gasteiger partial charge in [-0.2, -0.15) is 0 Å². The van der Waals surface area contributed by atoms with Crippen molar-refractivity contribution in [3.63, 3.8) is 0 Å². The molecule has 0 aromatic heterocycles. The van der Waals surface area contributed by atoms with E-state index in [1.807, 2.05) is 30.3 Å². The van der Waals surface area contributed by atoms with Crippen LogP contribution in [0.25, 0.3) is 0 Å². The summed E-state index contributed by atoms with van der Waals surface area (Å²) < 4.78 is 12.8. The number of hydrogen-bond acceptors (Lipinski definition) is 2. The molecule has 1 fully saturated rings. The Morgan fingerprint density at radius 1 is 1.12 bits per heavy atom. The minimum Gasteiger partial charge on any atom is -0.334 e. The molecular formula is C18H18FN3O2. The highest BCUT2D eigenvalue weighted by molar-refractivity contribution is 6.01. The number of carbonyl (C=O) groups excluding carboxylic acids is 2. The first-order valence-corrected chi connectivity index (χ1v) is 7.79. The highest BCUT2D eigenvalue weighted by Crippen LogP contribution is 2.20. The van der Waals surface area contributed by atoms with Crippen LogP contribution in [0, 0.1) is 5.82 Å². The van der Waals surface area contributed by atoms with E-state index in [1.54, 1.807) is 17.0 Å². The molecule has 2 aromatic rings. The summed E-state index contributed by atoms with van der Waals surface area (Å²) in [7, 11) is 0. The first kappa shape index (κ1) is 16.0. The van der Waals surface area contributed by atoms with Gasteiger partial charge in [-0.3, -0.25) is 4.79 Å².